The molecule has 2 N–H and O–H groups in total. The molecule has 0 radical (unpaired) electrons. The number of nitrogens with one attached hydrogen (secondary N) is 2. The van der Waals surface area contributed by atoms with Crippen LogP contribution in [0.25, 0.3) is 10.9 Å². The van der Waals surface area contributed by atoms with E-state index in [1.807, 2.05) is 6.20 Å². The molecule has 3 nitrogen and oxygen atoms in total. The van der Waals surface area contributed by atoms with Crippen LogP contribution >= 0.6 is 0 Å². The Hall–Kier alpha value is -1.32. The highest BCUT2D eigenvalue weighted by Gasteiger charge is 2.14. The molecule has 1 saturated carbocycles. The summed E-state index contributed by atoms with van der Waals surface area (Å²) in [5, 5.41) is 4.84. The molecule has 1 aromatic carbocycles. The minimum Gasteiger partial charge on any atom is -0.378 e. The average Bonchev–Trinajstić information content (AvgIpc) is 3.13. The Kier molecular flexibility index (Phi) is 4.72. The molecule has 0 spiro atoms. The fourth-order valence-corrected chi connectivity index (χ4v) is 3.03. The normalized spacial score (nSPS) is 16.2. The third-order valence-electron chi connectivity index (χ3n) is 4.15. The van der Waals surface area contributed by atoms with E-state index in [0.717, 1.165) is 26.1 Å². The molecule has 1 aliphatic rings. The van der Waals surface area contributed by atoms with Crippen LogP contribution in [0.4, 0.5) is 0 Å². The predicted molar refractivity (Wildman–Crippen MR) is 82.8 cm³/mol. The Balaban J connectivity index is 1.36. The minimum atomic E-state index is 0.545. The molecule has 0 aliphatic heterocycles. The van der Waals surface area contributed by atoms with Crippen molar-refractivity contribution >= 4 is 10.9 Å². The number of hydrogen-bond donors (Lipinski definition) is 2. The van der Waals surface area contributed by atoms with E-state index in [1.165, 1.54) is 42.1 Å². The Morgan fingerprint density at radius 1 is 1.20 bits per heavy atom. The van der Waals surface area contributed by atoms with Crippen molar-refractivity contribution in [3.63, 3.8) is 0 Å². The summed E-state index contributed by atoms with van der Waals surface area (Å²) in [6.07, 6.45) is 8.88. The number of rotatable bonds is 7. The number of hydrogen-bond acceptors (Lipinski definition) is 2. The van der Waals surface area contributed by atoms with Gasteiger partial charge in [0.25, 0.3) is 0 Å². The van der Waals surface area contributed by atoms with Gasteiger partial charge in [-0.25, -0.2) is 0 Å². The average molecular weight is 272 g/mol. The van der Waals surface area contributed by atoms with Crippen LogP contribution in [-0.4, -0.2) is 24.2 Å². The second-order valence-electron chi connectivity index (χ2n) is 5.66. The van der Waals surface area contributed by atoms with Crippen LogP contribution in [-0.2, 0) is 11.3 Å². The smallest absolute Gasteiger partial charge is 0.0575 e. The number of aromatic nitrogens is 1. The maximum atomic E-state index is 5.87. The zero-order chi connectivity index (χ0) is 13.6. The van der Waals surface area contributed by atoms with Gasteiger partial charge in [0.05, 0.1) is 6.10 Å². The van der Waals surface area contributed by atoms with Gasteiger partial charge in [-0.3, -0.25) is 0 Å². The van der Waals surface area contributed by atoms with Crippen molar-refractivity contribution in [1.82, 2.24) is 10.3 Å². The highest BCUT2D eigenvalue weighted by molar-refractivity contribution is 5.82. The van der Waals surface area contributed by atoms with Gasteiger partial charge in [-0.2, -0.15) is 0 Å². The van der Waals surface area contributed by atoms with Gasteiger partial charge in [0.15, 0.2) is 0 Å². The van der Waals surface area contributed by atoms with Crippen LogP contribution in [0.2, 0.25) is 0 Å². The summed E-state index contributed by atoms with van der Waals surface area (Å²) in [7, 11) is 0. The summed E-state index contributed by atoms with van der Waals surface area (Å²) >= 11 is 0. The standard InChI is InChI=1S/C17H24N2O/c1-2-7-15(6-1)20-12-4-10-18-13-14-5-3-8-17-16(14)9-11-19-17/h3,5,8-9,11,15,18-19H,1-2,4,6-7,10,12-13H2. The lowest BCUT2D eigenvalue weighted by molar-refractivity contribution is 0.0569. The van der Waals surface area contributed by atoms with Crippen molar-refractivity contribution in [3.8, 4) is 0 Å². The van der Waals surface area contributed by atoms with E-state index in [0.29, 0.717) is 6.10 Å². The van der Waals surface area contributed by atoms with Crippen molar-refractivity contribution in [2.24, 2.45) is 0 Å². The minimum absolute atomic E-state index is 0.545. The van der Waals surface area contributed by atoms with Gasteiger partial charge in [-0.1, -0.05) is 25.0 Å². The summed E-state index contributed by atoms with van der Waals surface area (Å²) in [4.78, 5) is 3.25. The molecule has 0 bridgehead atoms. The molecule has 3 rings (SSSR count). The Morgan fingerprint density at radius 2 is 2.10 bits per heavy atom. The fraction of sp³-hybridized carbons (Fsp3) is 0.529. The first-order valence-corrected chi connectivity index (χ1v) is 7.81. The monoisotopic (exact) mass is 272 g/mol. The van der Waals surface area contributed by atoms with Crippen LogP contribution in [0.5, 0.6) is 0 Å². The lowest BCUT2D eigenvalue weighted by atomic mass is 10.1. The SMILES string of the molecule is c1cc(CNCCCOC2CCCC2)c2cc[nH]c2c1. The maximum absolute atomic E-state index is 5.87. The summed E-state index contributed by atoms with van der Waals surface area (Å²) in [5.74, 6) is 0. The van der Waals surface area contributed by atoms with Gasteiger partial charge in [0, 0.05) is 30.3 Å². The predicted octanol–water partition coefficient (Wildman–Crippen LogP) is 3.61. The molecule has 1 aromatic heterocycles. The highest BCUT2D eigenvalue weighted by atomic mass is 16.5. The lowest BCUT2D eigenvalue weighted by Crippen LogP contribution is -2.18. The summed E-state index contributed by atoms with van der Waals surface area (Å²) in [6.45, 7) is 2.85. The molecular weight excluding hydrogens is 248 g/mol. The molecule has 0 atom stereocenters. The first-order chi connectivity index (χ1) is 9.93. The Morgan fingerprint density at radius 3 is 3.00 bits per heavy atom. The third-order valence-corrected chi connectivity index (χ3v) is 4.15. The second kappa shape index (κ2) is 6.91. The summed E-state index contributed by atoms with van der Waals surface area (Å²) in [5.41, 5.74) is 2.58. The van der Waals surface area contributed by atoms with E-state index in [1.54, 1.807) is 0 Å². The van der Waals surface area contributed by atoms with Gasteiger partial charge >= 0.3 is 0 Å². The number of H-pyrrole nitrogens is 1. The third kappa shape index (κ3) is 3.41. The molecule has 3 heteroatoms. The number of fused-ring (bicyclic) bond motifs is 1. The fourth-order valence-electron chi connectivity index (χ4n) is 3.03. The van der Waals surface area contributed by atoms with Crippen molar-refractivity contribution < 1.29 is 4.74 Å². The molecule has 1 fully saturated rings. The number of aromatic amines is 1. The topological polar surface area (TPSA) is 37.0 Å². The van der Waals surface area contributed by atoms with Gasteiger partial charge in [0.1, 0.15) is 0 Å². The van der Waals surface area contributed by atoms with Crippen LogP contribution in [0.1, 0.15) is 37.7 Å². The van der Waals surface area contributed by atoms with Crippen molar-refractivity contribution in [2.75, 3.05) is 13.2 Å². The van der Waals surface area contributed by atoms with Gasteiger partial charge in [-0.15, -0.1) is 0 Å². The van der Waals surface area contributed by atoms with E-state index in [2.05, 4.69) is 34.6 Å². The first-order valence-electron chi connectivity index (χ1n) is 7.81. The van der Waals surface area contributed by atoms with E-state index < -0.39 is 0 Å². The molecule has 0 saturated heterocycles. The van der Waals surface area contributed by atoms with E-state index in [4.69, 9.17) is 4.74 Å². The molecule has 1 aliphatic carbocycles. The first kappa shape index (κ1) is 13.7. The highest BCUT2D eigenvalue weighted by Crippen LogP contribution is 2.21. The largest absolute Gasteiger partial charge is 0.378 e. The van der Waals surface area contributed by atoms with E-state index in [9.17, 15) is 0 Å². The van der Waals surface area contributed by atoms with E-state index in [-0.39, 0.29) is 0 Å². The zero-order valence-electron chi connectivity index (χ0n) is 12.0. The lowest BCUT2D eigenvalue weighted by Gasteiger charge is -2.11. The van der Waals surface area contributed by atoms with Crippen molar-refractivity contribution in [1.29, 1.82) is 0 Å². The van der Waals surface area contributed by atoms with Crippen LogP contribution in [0.3, 0.4) is 0 Å². The molecular formula is C17H24N2O. The maximum Gasteiger partial charge on any atom is 0.0575 e. The molecule has 0 amide bonds. The molecule has 108 valence electrons. The van der Waals surface area contributed by atoms with Gasteiger partial charge in [-0.05, 0) is 43.5 Å². The van der Waals surface area contributed by atoms with E-state index >= 15 is 0 Å². The summed E-state index contributed by atoms with van der Waals surface area (Å²) in [6, 6.07) is 8.57. The zero-order valence-corrected chi connectivity index (χ0v) is 12.0. The quantitative estimate of drug-likeness (QED) is 0.756. The molecule has 2 aromatic rings. The van der Waals surface area contributed by atoms with Crippen molar-refractivity contribution in [3.05, 3.63) is 36.0 Å². The Labute approximate surface area is 120 Å². The number of benzene rings is 1. The van der Waals surface area contributed by atoms with Crippen LogP contribution in [0, 0.1) is 0 Å². The van der Waals surface area contributed by atoms with Crippen molar-refractivity contribution in [2.45, 2.75) is 44.8 Å². The number of ether oxygens (including phenoxy) is 1. The van der Waals surface area contributed by atoms with Gasteiger partial charge in [0.2, 0.25) is 0 Å². The van der Waals surface area contributed by atoms with Gasteiger partial charge < -0.3 is 15.0 Å². The Bertz CT molecular complexity index is 529. The summed E-state index contributed by atoms with van der Waals surface area (Å²) < 4.78 is 5.87. The molecule has 0 unspecified atom stereocenters. The van der Waals surface area contributed by atoms with Crippen LogP contribution in [0.15, 0.2) is 30.5 Å². The second-order valence-corrected chi connectivity index (χ2v) is 5.66. The van der Waals surface area contributed by atoms with Crippen LogP contribution < -0.4 is 5.32 Å². The molecule has 1 heterocycles. The molecule has 20 heavy (non-hydrogen) atoms.